The first-order valence-electron chi connectivity index (χ1n) is 5.73. The lowest BCUT2D eigenvalue weighted by Crippen LogP contribution is -2.23. The summed E-state index contributed by atoms with van der Waals surface area (Å²) in [6.45, 7) is 6.93. The van der Waals surface area contributed by atoms with Crippen molar-refractivity contribution >= 4 is 11.9 Å². The quantitative estimate of drug-likeness (QED) is 0.555. The van der Waals surface area contributed by atoms with Crippen LogP contribution >= 0.6 is 0 Å². The van der Waals surface area contributed by atoms with E-state index in [0.29, 0.717) is 18.1 Å². The molecule has 17 heavy (non-hydrogen) atoms. The van der Waals surface area contributed by atoms with E-state index in [-0.39, 0.29) is 5.91 Å². The second-order valence-electron chi connectivity index (χ2n) is 3.57. The van der Waals surface area contributed by atoms with Gasteiger partial charge in [-0.3, -0.25) is 4.79 Å². The summed E-state index contributed by atoms with van der Waals surface area (Å²) in [5.41, 5.74) is 0.452. The van der Waals surface area contributed by atoms with Crippen LogP contribution < -0.4 is 10.6 Å². The van der Waals surface area contributed by atoms with Crippen molar-refractivity contribution in [3.63, 3.8) is 0 Å². The number of rotatable bonds is 7. The van der Waals surface area contributed by atoms with Crippen LogP contribution in [0.5, 0.6) is 0 Å². The number of carbonyl (C=O) groups excluding carboxylic acids is 1. The average Bonchev–Trinajstić information content (AvgIpc) is 2.37. The van der Waals surface area contributed by atoms with Crippen molar-refractivity contribution in [1.29, 1.82) is 0 Å². The summed E-state index contributed by atoms with van der Waals surface area (Å²) >= 11 is 0. The lowest BCUT2D eigenvalue weighted by atomic mass is 10.3. The van der Waals surface area contributed by atoms with Gasteiger partial charge in [-0.05, 0) is 6.42 Å². The molecule has 1 aromatic heterocycles. The summed E-state index contributed by atoms with van der Waals surface area (Å²) in [4.78, 5) is 19.7. The smallest absolute Gasteiger partial charge is 0.254 e. The zero-order chi connectivity index (χ0) is 12.5. The van der Waals surface area contributed by atoms with Crippen LogP contribution in [-0.2, 0) is 0 Å². The summed E-state index contributed by atoms with van der Waals surface area (Å²) in [5.74, 6) is 0.365. The Bertz CT molecular complexity index is 361. The first-order chi connectivity index (χ1) is 8.27. The number of unbranched alkanes of at least 4 members (excludes halogenated alkanes) is 1. The van der Waals surface area contributed by atoms with Gasteiger partial charge in [-0.25, -0.2) is 9.97 Å². The van der Waals surface area contributed by atoms with Gasteiger partial charge >= 0.3 is 0 Å². The van der Waals surface area contributed by atoms with Gasteiger partial charge in [0.05, 0.1) is 5.56 Å². The number of anilines is 1. The average molecular weight is 234 g/mol. The van der Waals surface area contributed by atoms with Crippen LogP contribution in [0, 0.1) is 0 Å². The highest BCUT2D eigenvalue weighted by Gasteiger charge is 2.05. The van der Waals surface area contributed by atoms with Crippen molar-refractivity contribution in [2.45, 2.75) is 19.8 Å². The van der Waals surface area contributed by atoms with E-state index in [4.69, 9.17) is 0 Å². The minimum absolute atomic E-state index is 0.190. The van der Waals surface area contributed by atoms with Crippen molar-refractivity contribution < 1.29 is 4.79 Å². The minimum atomic E-state index is -0.190. The molecule has 0 saturated carbocycles. The third-order valence-electron chi connectivity index (χ3n) is 2.13. The van der Waals surface area contributed by atoms with E-state index in [0.717, 1.165) is 19.4 Å². The summed E-state index contributed by atoms with van der Waals surface area (Å²) in [5, 5.41) is 5.75. The maximum absolute atomic E-state index is 11.5. The van der Waals surface area contributed by atoms with Crippen LogP contribution in [0.3, 0.4) is 0 Å². The molecule has 5 nitrogen and oxygen atoms in total. The van der Waals surface area contributed by atoms with E-state index in [1.54, 1.807) is 6.08 Å². The standard InChI is InChI=1S/C12H18N4O/c1-3-5-7-14-12-15-8-10(9-16-12)11(17)13-6-4-2/h4,8-9H,2-3,5-7H2,1H3,(H,13,17)(H,14,15,16). The highest BCUT2D eigenvalue weighted by atomic mass is 16.1. The number of aromatic nitrogens is 2. The van der Waals surface area contributed by atoms with Crippen molar-refractivity contribution in [2.75, 3.05) is 18.4 Å². The molecule has 0 saturated heterocycles. The fourth-order valence-electron chi connectivity index (χ4n) is 1.18. The highest BCUT2D eigenvalue weighted by molar-refractivity contribution is 5.93. The Morgan fingerprint density at radius 2 is 2.18 bits per heavy atom. The van der Waals surface area contributed by atoms with Crippen LogP contribution in [0.15, 0.2) is 25.0 Å². The van der Waals surface area contributed by atoms with Gasteiger partial charge < -0.3 is 10.6 Å². The van der Waals surface area contributed by atoms with Crippen LogP contribution in [0.4, 0.5) is 5.95 Å². The first-order valence-corrected chi connectivity index (χ1v) is 5.73. The first kappa shape index (κ1) is 13.2. The van der Waals surface area contributed by atoms with E-state index in [1.807, 2.05) is 0 Å². The fraction of sp³-hybridized carbons (Fsp3) is 0.417. The van der Waals surface area contributed by atoms with Crippen LogP contribution in [0.1, 0.15) is 30.1 Å². The molecule has 0 spiro atoms. The van der Waals surface area contributed by atoms with Crippen molar-refractivity contribution in [2.24, 2.45) is 0 Å². The van der Waals surface area contributed by atoms with Gasteiger partial charge in [0.2, 0.25) is 5.95 Å². The lowest BCUT2D eigenvalue weighted by molar-refractivity contribution is 0.0957. The molecule has 0 fully saturated rings. The van der Waals surface area contributed by atoms with Gasteiger partial charge in [0, 0.05) is 25.5 Å². The maximum Gasteiger partial charge on any atom is 0.254 e. The second kappa shape index (κ2) is 7.38. The molecular weight excluding hydrogens is 216 g/mol. The third-order valence-corrected chi connectivity index (χ3v) is 2.13. The fourth-order valence-corrected chi connectivity index (χ4v) is 1.18. The minimum Gasteiger partial charge on any atom is -0.354 e. The summed E-state index contributed by atoms with van der Waals surface area (Å²) < 4.78 is 0. The van der Waals surface area contributed by atoms with Gasteiger partial charge in [0.1, 0.15) is 0 Å². The Morgan fingerprint density at radius 1 is 1.47 bits per heavy atom. The number of amides is 1. The molecule has 0 unspecified atom stereocenters. The predicted molar refractivity (Wildman–Crippen MR) is 68.0 cm³/mol. The maximum atomic E-state index is 11.5. The molecule has 92 valence electrons. The molecule has 0 radical (unpaired) electrons. The van der Waals surface area contributed by atoms with Gasteiger partial charge in [0.25, 0.3) is 5.91 Å². The molecular formula is C12H18N4O. The van der Waals surface area contributed by atoms with Crippen molar-refractivity contribution in [3.8, 4) is 0 Å². The van der Waals surface area contributed by atoms with Gasteiger partial charge in [-0.2, -0.15) is 0 Å². The zero-order valence-corrected chi connectivity index (χ0v) is 10.1. The van der Waals surface area contributed by atoms with Crippen molar-refractivity contribution in [1.82, 2.24) is 15.3 Å². The lowest BCUT2D eigenvalue weighted by Gasteiger charge is -2.04. The second-order valence-corrected chi connectivity index (χ2v) is 3.57. The molecule has 5 heteroatoms. The Balaban J connectivity index is 2.49. The van der Waals surface area contributed by atoms with E-state index in [2.05, 4.69) is 34.1 Å². The van der Waals surface area contributed by atoms with Gasteiger partial charge in [-0.1, -0.05) is 19.4 Å². The molecule has 1 rings (SSSR count). The number of hydrogen-bond acceptors (Lipinski definition) is 4. The van der Waals surface area contributed by atoms with E-state index in [9.17, 15) is 4.79 Å². The summed E-state index contributed by atoms with van der Waals surface area (Å²) in [6, 6.07) is 0. The normalized spacial score (nSPS) is 9.71. The third kappa shape index (κ3) is 4.63. The molecule has 0 bridgehead atoms. The monoisotopic (exact) mass is 234 g/mol. The van der Waals surface area contributed by atoms with Gasteiger partial charge in [-0.15, -0.1) is 6.58 Å². The molecule has 1 aromatic rings. The van der Waals surface area contributed by atoms with Crippen molar-refractivity contribution in [3.05, 3.63) is 30.6 Å². The molecule has 1 heterocycles. The molecule has 2 N–H and O–H groups in total. The highest BCUT2D eigenvalue weighted by Crippen LogP contribution is 2.00. The Labute approximate surface area is 101 Å². The van der Waals surface area contributed by atoms with Crippen LogP contribution in [-0.4, -0.2) is 29.0 Å². The number of carbonyl (C=O) groups is 1. The van der Waals surface area contributed by atoms with E-state index in [1.165, 1.54) is 12.4 Å². The summed E-state index contributed by atoms with van der Waals surface area (Å²) in [7, 11) is 0. The molecule has 0 aliphatic heterocycles. The molecule has 0 aliphatic carbocycles. The van der Waals surface area contributed by atoms with E-state index >= 15 is 0 Å². The molecule has 1 amide bonds. The SMILES string of the molecule is C=CCNC(=O)c1cnc(NCCCC)nc1. The molecule has 0 aliphatic rings. The van der Waals surface area contributed by atoms with E-state index < -0.39 is 0 Å². The Kier molecular flexibility index (Phi) is 5.71. The zero-order valence-electron chi connectivity index (χ0n) is 10.1. The largest absolute Gasteiger partial charge is 0.354 e. The molecule has 0 atom stereocenters. The van der Waals surface area contributed by atoms with Crippen LogP contribution in [0.25, 0.3) is 0 Å². The van der Waals surface area contributed by atoms with Gasteiger partial charge in [0.15, 0.2) is 0 Å². The Morgan fingerprint density at radius 3 is 2.76 bits per heavy atom. The number of nitrogens with one attached hydrogen (secondary N) is 2. The topological polar surface area (TPSA) is 66.9 Å². The predicted octanol–water partition coefficient (Wildman–Crippen LogP) is 1.60. The Hall–Kier alpha value is -1.91. The summed E-state index contributed by atoms with van der Waals surface area (Å²) in [6.07, 6.45) is 6.85. The number of hydrogen-bond donors (Lipinski definition) is 2. The van der Waals surface area contributed by atoms with Crippen LogP contribution in [0.2, 0.25) is 0 Å². The number of nitrogens with zero attached hydrogens (tertiary/aromatic N) is 2. The molecule has 0 aromatic carbocycles.